The molecule has 0 saturated carbocycles. The van der Waals surface area contributed by atoms with Crippen LogP contribution in [0.1, 0.15) is 12.7 Å². The van der Waals surface area contributed by atoms with Crippen LogP contribution in [0.2, 0.25) is 0 Å². The highest BCUT2D eigenvalue weighted by Crippen LogP contribution is 2.25. The van der Waals surface area contributed by atoms with E-state index in [4.69, 9.17) is 9.26 Å². The fraction of sp³-hybridized carbons (Fsp3) is 0.364. The Labute approximate surface area is 98.3 Å². The molecule has 17 heavy (non-hydrogen) atoms. The molecule has 2 aromatic heterocycles. The van der Waals surface area contributed by atoms with Crippen molar-refractivity contribution >= 4 is 0 Å². The van der Waals surface area contributed by atoms with Gasteiger partial charge in [0.05, 0.1) is 18.4 Å². The maximum Gasteiger partial charge on any atom is 0.261 e. The second-order valence-corrected chi connectivity index (χ2v) is 3.36. The predicted molar refractivity (Wildman–Crippen MR) is 59.4 cm³/mol. The zero-order valence-corrected chi connectivity index (χ0v) is 9.46. The van der Waals surface area contributed by atoms with Gasteiger partial charge in [-0.25, -0.2) is 0 Å². The van der Waals surface area contributed by atoms with Gasteiger partial charge in [0.15, 0.2) is 5.82 Å². The highest BCUT2D eigenvalue weighted by molar-refractivity contribution is 5.60. The second kappa shape index (κ2) is 5.40. The molecule has 0 atom stereocenters. The number of hydrogen-bond acceptors (Lipinski definition) is 6. The van der Waals surface area contributed by atoms with Crippen LogP contribution in [0.3, 0.4) is 0 Å². The Balaban J connectivity index is 2.10. The molecule has 0 fully saturated rings. The topological polar surface area (TPSA) is 81.3 Å². The third-order valence-corrected chi connectivity index (χ3v) is 2.17. The molecule has 0 aliphatic heterocycles. The molecule has 2 heterocycles. The lowest BCUT2D eigenvalue weighted by Gasteiger charge is -1.96. The highest BCUT2D eigenvalue weighted by Gasteiger charge is 2.12. The van der Waals surface area contributed by atoms with Crippen molar-refractivity contribution in [3.63, 3.8) is 0 Å². The Kier molecular flexibility index (Phi) is 3.66. The van der Waals surface area contributed by atoms with Gasteiger partial charge in [-0.1, -0.05) is 5.16 Å². The Morgan fingerprint density at radius 1 is 1.47 bits per heavy atom. The largest absolute Gasteiger partial charge is 0.505 e. The van der Waals surface area contributed by atoms with Crippen LogP contribution in [-0.2, 0) is 11.2 Å². The average Bonchev–Trinajstić information content (AvgIpc) is 2.79. The number of aromatic hydroxyl groups is 1. The van der Waals surface area contributed by atoms with Gasteiger partial charge < -0.3 is 14.4 Å². The monoisotopic (exact) mass is 235 g/mol. The fourth-order valence-corrected chi connectivity index (χ4v) is 1.34. The van der Waals surface area contributed by atoms with Crippen molar-refractivity contribution in [1.82, 2.24) is 15.1 Å². The summed E-state index contributed by atoms with van der Waals surface area (Å²) in [6.07, 6.45) is 3.47. The predicted octanol–water partition coefficient (Wildman–Crippen LogP) is 1.42. The summed E-state index contributed by atoms with van der Waals surface area (Å²) in [6.45, 7) is 3.14. The third-order valence-electron chi connectivity index (χ3n) is 2.17. The lowest BCUT2D eigenvalue weighted by atomic mass is 10.2. The normalized spacial score (nSPS) is 10.6. The van der Waals surface area contributed by atoms with Crippen molar-refractivity contribution in [2.75, 3.05) is 13.2 Å². The molecule has 6 heteroatoms. The smallest absolute Gasteiger partial charge is 0.261 e. The van der Waals surface area contributed by atoms with Crippen molar-refractivity contribution in [3.05, 3.63) is 24.3 Å². The van der Waals surface area contributed by atoms with Gasteiger partial charge in [0.25, 0.3) is 5.89 Å². The summed E-state index contributed by atoms with van der Waals surface area (Å²) in [4.78, 5) is 7.95. The van der Waals surface area contributed by atoms with E-state index in [1.54, 1.807) is 12.3 Å². The van der Waals surface area contributed by atoms with E-state index in [2.05, 4.69) is 15.1 Å². The molecule has 0 aliphatic rings. The molecule has 90 valence electrons. The Morgan fingerprint density at radius 3 is 3.12 bits per heavy atom. The first-order valence-corrected chi connectivity index (χ1v) is 5.35. The summed E-state index contributed by atoms with van der Waals surface area (Å²) >= 11 is 0. The molecule has 1 N–H and O–H groups in total. The van der Waals surface area contributed by atoms with E-state index in [0.29, 0.717) is 31.0 Å². The SMILES string of the molecule is CCOCCc1noc(-c2ccncc2O)n1. The second-order valence-electron chi connectivity index (χ2n) is 3.36. The summed E-state index contributed by atoms with van der Waals surface area (Å²) in [6, 6.07) is 1.62. The van der Waals surface area contributed by atoms with Gasteiger partial charge >= 0.3 is 0 Å². The molecule has 0 amide bonds. The minimum absolute atomic E-state index is 0.0208. The first-order valence-electron chi connectivity index (χ1n) is 5.35. The zero-order valence-electron chi connectivity index (χ0n) is 9.46. The van der Waals surface area contributed by atoms with E-state index >= 15 is 0 Å². The first kappa shape index (κ1) is 11.5. The highest BCUT2D eigenvalue weighted by atomic mass is 16.5. The molecule has 0 aromatic carbocycles. The van der Waals surface area contributed by atoms with Crippen LogP contribution in [0.25, 0.3) is 11.5 Å². The zero-order chi connectivity index (χ0) is 12.1. The lowest BCUT2D eigenvalue weighted by Crippen LogP contribution is -1.99. The number of ether oxygens (including phenoxy) is 1. The molecule has 0 saturated heterocycles. The lowest BCUT2D eigenvalue weighted by molar-refractivity contribution is 0.149. The summed E-state index contributed by atoms with van der Waals surface area (Å²) in [5.41, 5.74) is 0.482. The number of aromatic nitrogens is 3. The van der Waals surface area contributed by atoms with E-state index in [9.17, 15) is 5.11 Å². The summed E-state index contributed by atoms with van der Waals surface area (Å²) in [7, 11) is 0. The number of rotatable bonds is 5. The van der Waals surface area contributed by atoms with Crippen molar-refractivity contribution in [2.45, 2.75) is 13.3 Å². The summed E-state index contributed by atoms with van der Waals surface area (Å²) in [5, 5.41) is 13.4. The molecule has 2 rings (SSSR count). The van der Waals surface area contributed by atoms with Crippen LogP contribution < -0.4 is 0 Å². The van der Waals surface area contributed by atoms with Crippen molar-refractivity contribution in [2.24, 2.45) is 0 Å². The van der Waals surface area contributed by atoms with E-state index in [-0.39, 0.29) is 11.6 Å². The first-order chi connectivity index (χ1) is 8.31. The van der Waals surface area contributed by atoms with Crippen LogP contribution in [0.15, 0.2) is 23.0 Å². The van der Waals surface area contributed by atoms with Gasteiger partial charge in [0.1, 0.15) is 5.75 Å². The van der Waals surface area contributed by atoms with Gasteiger partial charge in [-0.15, -0.1) is 0 Å². The summed E-state index contributed by atoms with van der Waals surface area (Å²) in [5.74, 6) is 0.869. The average molecular weight is 235 g/mol. The van der Waals surface area contributed by atoms with Crippen LogP contribution in [0.5, 0.6) is 5.75 Å². The molecule has 0 spiro atoms. The molecule has 0 radical (unpaired) electrons. The van der Waals surface area contributed by atoms with Crippen LogP contribution in [0, 0.1) is 0 Å². The molecule has 6 nitrogen and oxygen atoms in total. The standard InChI is InChI=1S/C11H13N3O3/c1-2-16-6-4-10-13-11(17-14-10)8-3-5-12-7-9(8)15/h3,5,7,15H,2,4,6H2,1H3. The van der Waals surface area contributed by atoms with Crippen LogP contribution in [0.4, 0.5) is 0 Å². The molecular formula is C11H13N3O3. The van der Waals surface area contributed by atoms with Gasteiger partial charge in [-0.2, -0.15) is 4.98 Å². The van der Waals surface area contributed by atoms with E-state index in [0.717, 1.165) is 0 Å². The molecule has 0 aliphatic carbocycles. The van der Waals surface area contributed by atoms with Gasteiger partial charge in [-0.3, -0.25) is 4.98 Å². The molecular weight excluding hydrogens is 222 g/mol. The van der Waals surface area contributed by atoms with E-state index in [1.165, 1.54) is 6.20 Å². The maximum atomic E-state index is 9.57. The maximum absolute atomic E-state index is 9.57. The Bertz CT molecular complexity index is 484. The number of pyridine rings is 1. The third kappa shape index (κ3) is 2.79. The van der Waals surface area contributed by atoms with Gasteiger partial charge in [0, 0.05) is 19.2 Å². The quantitative estimate of drug-likeness (QED) is 0.789. The molecule has 2 aromatic rings. The van der Waals surface area contributed by atoms with Crippen molar-refractivity contribution < 1.29 is 14.4 Å². The minimum atomic E-state index is 0.0208. The van der Waals surface area contributed by atoms with E-state index in [1.807, 2.05) is 6.92 Å². The van der Waals surface area contributed by atoms with Crippen LogP contribution in [-0.4, -0.2) is 33.4 Å². The van der Waals surface area contributed by atoms with Gasteiger partial charge in [-0.05, 0) is 13.0 Å². The molecule has 0 bridgehead atoms. The van der Waals surface area contributed by atoms with Crippen LogP contribution >= 0.6 is 0 Å². The summed E-state index contributed by atoms with van der Waals surface area (Å²) < 4.78 is 10.3. The van der Waals surface area contributed by atoms with Crippen molar-refractivity contribution in [1.29, 1.82) is 0 Å². The Morgan fingerprint density at radius 2 is 2.35 bits per heavy atom. The van der Waals surface area contributed by atoms with E-state index < -0.39 is 0 Å². The number of nitrogens with zero attached hydrogens (tertiary/aromatic N) is 3. The van der Waals surface area contributed by atoms with Crippen molar-refractivity contribution in [3.8, 4) is 17.2 Å². The van der Waals surface area contributed by atoms with Gasteiger partial charge in [0.2, 0.25) is 0 Å². The fourth-order valence-electron chi connectivity index (χ4n) is 1.34. The molecule has 0 unspecified atom stereocenters. The Hall–Kier alpha value is -1.95. The minimum Gasteiger partial charge on any atom is -0.505 e. The number of hydrogen-bond donors (Lipinski definition) is 1.